The van der Waals surface area contributed by atoms with Crippen molar-refractivity contribution >= 4 is 23.5 Å². The first kappa shape index (κ1) is 23.2. The van der Waals surface area contributed by atoms with Crippen LogP contribution in [0.1, 0.15) is 57.8 Å². The number of rotatable bonds is 4. The first-order chi connectivity index (χ1) is 16.9. The minimum absolute atomic E-state index is 0.102. The van der Waals surface area contributed by atoms with E-state index >= 15 is 0 Å². The van der Waals surface area contributed by atoms with Gasteiger partial charge in [-0.25, -0.2) is 4.98 Å². The van der Waals surface area contributed by atoms with Gasteiger partial charge in [0.25, 0.3) is 0 Å². The topological polar surface area (TPSA) is 94.8 Å². The van der Waals surface area contributed by atoms with Gasteiger partial charge in [0.15, 0.2) is 0 Å². The standard InChI is InChI=1S/C27H40N6O2/c28-21-16-26(17-21)8-13-31(14-9-26)18-20-5-11-32(12-6-20)22-2-1-3-23(29-22)33-15-10-27(19-33)7-4-24(34)30-25(27)35/h1-3,20-21H,4-19,28H2,(H,30,34,35). The van der Waals surface area contributed by atoms with Crippen LogP contribution in [0.15, 0.2) is 18.2 Å². The van der Waals surface area contributed by atoms with Crippen molar-refractivity contribution in [2.24, 2.45) is 22.5 Å². The molecule has 1 aromatic rings. The molecule has 0 bridgehead atoms. The molecule has 8 heteroatoms. The average molecular weight is 481 g/mol. The Morgan fingerprint density at radius 2 is 1.66 bits per heavy atom. The van der Waals surface area contributed by atoms with Crippen LogP contribution in [0.25, 0.3) is 0 Å². The van der Waals surface area contributed by atoms with E-state index in [1.807, 2.05) is 0 Å². The maximum Gasteiger partial charge on any atom is 0.234 e. The van der Waals surface area contributed by atoms with E-state index < -0.39 is 5.41 Å². The van der Waals surface area contributed by atoms with Crippen LogP contribution in [-0.2, 0) is 9.59 Å². The van der Waals surface area contributed by atoms with Gasteiger partial charge in [0.05, 0.1) is 5.41 Å². The van der Waals surface area contributed by atoms with Crippen LogP contribution in [0.5, 0.6) is 0 Å². The Balaban J connectivity index is 1.01. The highest BCUT2D eigenvalue weighted by atomic mass is 16.2. The molecule has 0 radical (unpaired) electrons. The van der Waals surface area contributed by atoms with Crippen LogP contribution >= 0.6 is 0 Å². The lowest BCUT2D eigenvalue weighted by Gasteiger charge is -2.51. The summed E-state index contributed by atoms with van der Waals surface area (Å²) in [6.07, 6.45) is 9.49. The number of likely N-dealkylation sites (tertiary alicyclic amines) is 1. The van der Waals surface area contributed by atoms with Crippen molar-refractivity contribution in [3.05, 3.63) is 18.2 Å². The summed E-state index contributed by atoms with van der Waals surface area (Å²) in [4.78, 5) is 36.5. The van der Waals surface area contributed by atoms with Crippen molar-refractivity contribution in [3.8, 4) is 0 Å². The molecule has 3 N–H and O–H groups in total. The predicted molar refractivity (Wildman–Crippen MR) is 136 cm³/mol. The lowest BCUT2D eigenvalue weighted by atomic mass is 9.60. The zero-order valence-electron chi connectivity index (χ0n) is 20.9. The van der Waals surface area contributed by atoms with E-state index in [-0.39, 0.29) is 11.8 Å². The number of amides is 2. The summed E-state index contributed by atoms with van der Waals surface area (Å²) in [5.74, 6) is 2.53. The van der Waals surface area contributed by atoms with Gasteiger partial charge in [-0.05, 0) is 87.9 Å². The second kappa shape index (κ2) is 9.04. The molecular weight excluding hydrogens is 440 g/mol. The Kier molecular flexibility index (Phi) is 6.00. The van der Waals surface area contributed by atoms with Crippen molar-refractivity contribution in [1.29, 1.82) is 0 Å². The van der Waals surface area contributed by atoms with Gasteiger partial charge in [-0.2, -0.15) is 0 Å². The highest BCUT2D eigenvalue weighted by Crippen LogP contribution is 2.48. The molecule has 4 aliphatic heterocycles. The van der Waals surface area contributed by atoms with E-state index in [4.69, 9.17) is 10.7 Å². The number of nitrogens with zero attached hydrogens (tertiary/aromatic N) is 4. The molecule has 1 atom stereocenters. The van der Waals surface area contributed by atoms with Crippen LogP contribution in [0.2, 0.25) is 0 Å². The van der Waals surface area contributed by atoms with Crippen LogP contribution in [0, 0.1) is 16.7 Å². The molecule has 4 saturated heterocycles. The molecule has 5 fully saturated rings. The van der Waals surface area contributed by atoms with Gasteiger partial charge >= 0.3 is 0 Å². The maximum absolute atomic E-state index is 12.6. The van der Waals surface area contributed by atoms with Crippen molar-refractivity contribution in [3.63, 3.8) is 0 Å². The second-order valence-corrected chi connectivity index (χ2v) is 12.1. The zero-order valence-corrected chi connectivity index (χ0v) is 20.9. The predicted octanol–water partition coefficient (Wildman–Crippen LogP) is 2.13. The van der Waals surface area contributed by atoms with Crippen LogP contribution < -0.4 is 20.9 Å². The van der Waals surface area contributed by atoms with Gasteiger partial charge in [0.1, 0.15) is 11.6 Å². The fraction of sp³-hybridized carbons (Fsp3) is 0.741. The lowest BCUT2D eigenvalue weighted by molar-refractivity contribution is -0.140. The van der Waals surface area contributed by atoms with E-state index in [0.29, 0.717) is 30.8 Å². The van der Waals surface area contributed by atoms with Crippen molar-refractivity contribution < 1.29 is 9.59 Å². The minimum Gasteiger partial charge on any atom is -0.357 e. The van der Waals surface area contributed by atoms with E-state index in [2.05, 4.69) is 38.2 Å². The van der Waals surface area contributed by atoms with E-state index in [9.17, 15) is 9.59 Å². The Morgan fingerprint density at radius 3 is 2.34 bits per heavy atom. The molecule has 1 aromatic heterocycles. The van der Waals surface area contributed by atoms with Crippen LogP contribution in [0.3, 0.4) is 0 Å². The number of carbonyl (C=O) groups is 2. The summed E-state index contributed by atoms with van der Waals surface area (Å²) in [6.45, 7) is 7.31. The monoisotopic (exact) mass is 480 g/mol. The number of anilines is 2. The normalized spacial score (nSPS) is 30.2. The van der Waals surface area contributed by atoms with Gasteiger partial charge in [-0.15, -0.1) is 0 Å². The third-order valence-corrected chi connectivity index (χ3v) is 9.72. The average Bonchev–Trinajstić information content (AvgIpc) is 3.29. The molecule has 0 aromatic carbocycles. The van der Waals surface area contributed by atoms with Gasteiger partial charge < -0.3 is 20.4 Å². The summed E-state index contributed by atoms with van der Waals surface area (Å²) in [7, 11) is 0. The van der Waals surface area contributed by atoms with Crippen molar-refractivity contribution in [2.45, 2.75) is 63.8 Å². The Labute approximate surface area is 208 Å². The number of hydrogen-bond acceptors (Lipinski definition) is 7. The van der Waals surface area contributed by atoms with Gasteiger partial charge in [-0.3, -0.25) is 14.9 Å². The quantitative estimate of drug-likeness (QED) is 0.638. The number of hydrogen-bond donors (Lipinski definition) is 2. The Bertz CT molecular complexity index is 960. The summed E-state index contributed by atoms with van der Waals surface area (Å²) >= 11 is 0. The van der Waals surface area contributed by atoms with Crippen LogP contribution in [-0.4, -0.2) is 73.6 Å². The molecule has 5 aliphatic rings. The summed E-state index contributed by atoms with van der Waals surface area (Å²) < 4.78 is 0. The van der Waals surface area contributed by atoms with Crippen molar-refractivity contribution in [2.75, 3.05) is 55.6 Å². The summed E-state index contributed by atoms with van der Waals surface area (Å²) in [6, 6.07) is 6.73. The van der Waals surface area contributed by atoms with Crippen LogP contribution in [0.4, 0.5) is 11.6 Å². The minimum atomic E-state index is -0.442. The Morgan fingerprint density at radius 1 is 0.943 bits per heavy atom. The highest BCUT2D eigenvalue weighted by molar-refractivity contribution is 6.01. The summed E-state index contributed by atoms with van der Waals surface area (Å²) in [5.41, 5.74) is 6.21. The smallest absolute Gasteiger partial charge is 0.234 e. The molecule has 1 unspecified atom stereocenters. The lowest BCUT2D eigenvalue weighted by Crippen LogP contribution is -2.52. The first-order valence-electron chi connectivity index (χ1n) is 13.7. The molecule has 2 spiro atoms. The SMILES string of the molecule is NC1CC2(CCN(CC3CCN(c4cccc(N5CCC6(CCC(=O)NC6=O)C5)n4)CC3)CC2)C1. The fourth-order valence-corrected chi connectivity index (χ4v) is 7.39. The van der Waals surface area contributed by atoms with Gasteiger partial charge in [0, 0.05) is 45.2 Å². The third kappa shape index (κ3) is 4.55. The highest BCUT2D eigenvalue weighted by Gasteiger charge is 2.48. The second-order valence-electron chi connectivity index (χ2n) is 12.1. The number of carbonyl (C=O) groups excluding carboxylic acids is 2. The zero-order chi connectivity index (χ0) is 24.0. The van der Waals surface area contributed by atoms with Crippen molar-refractivity contribution in [1.82, 2.24) is 15.2 Å². The number of piperidine rings is 3. The molecule has 1 saturated carbocycles. The molecule has 190 valence electrons. The number of aromatic nitrogens is 1. The number of nitrogens with one attached hydrogen (secondary N) is 1. The van der Waals surface area contributed by atoms with Gasteiger partial charge in [0.2, 0.25) is 11.8 Å². The van der Waals surface area contributed by atoms with E-state index in [1.165, 1.54) is 58.2 Å². The molecule has 6 rings (SSSR count). The molecule has 2 amide bonds. The Hall–Kier alpha value is -2.19. The number of pyridine rings is 1. The molecular formula is C27H40N6O2. The molecule has 1 aliphatic carbocycles. The summed E-state index contributed by atoms with van der Waals surface area (Å²) in [5, 5.41) is 2.55. The maximum atomic E-state index is 12.6. The van der Waals surface area contributed by atoms with E-state index in [0.717, 1.165) is 43.6 Å². The number of nitrogens with two attached hydrogens (primary N) is 1. The van der Waals surface area contributed by atoms with E-state index in [1.54, 1.807) is 0 Å². The molecule has 35 heavy (non-hydrogen) atoms. The largest absolute Gasteiger partial charge is 0.357 e. The number of imide groups is 1. The molecule has 8 nitrogen and oxygen atoms in total. The third-order valence-electron chi connectivity index (χ3n) is 9.72. The van der Waals surface area contributed by atoms with Gasteiger partial charge in [-0.1, -0.05) is 6.07 Å². The molecule has 5 heterocycles. The fourth-order valence-electron chi connectivity index (χ4n) is 7.39. The first-order valence-corrected chi connectivity index (χ1v) is 13.7.